The Hall–Kier alpha value is -2.65. The third kappa shape index (κ3) is 4.25. The Balaban J connectivity index is 2.08. The molecule has 0 saturated heterocycles. The number of sulfone groups is 1. The molecule has 25 heavy (non-hydrogen) atoms. The molecule has 0 aliphatic carbocycles. The van der Waals surface area contributed by atoms with Gasteiger partial charge in [-0.15, -0.1) is 0 Å². The minimum atomic E-state index is -3.18. The molecule has 3 aromatic rings. The first-order chi connectivity index (χ1) is 11.9. The van der Waals surface area contributed by atoms with E-state index in [-0.39, 0.29) is 0 Å². The second-order valence-electron chi connectivity index (χ2n) is 6.13. The van der Waals surface area contributed by atoms with E-state index in [1.54, 1.807) is 12.1 Å². The van der Waals surface area contributed by atoms with E-state index in [1.807, 2.05) is 30.3 Å². The van der Waals surface area contributed by atoms with Crippen molar-refractivity contribution in [2.24, 2.45) is 0 Å². The molecule has 0 N–H and O–H groups in total. The van der Waals surface area contributed by atoms with Crippen LogP contribution < -0.4 is 0 Å². The van der Waals surface area contributed by atoms with Crippen LogP contribution in [0.3, 0.4) is 0 Å². The fourth-order valence-electron chi connectivity index (χ4n) is 2.66. The highest BCUT2D eigenvalue weighted by Crippen LogP contribution is 2.26. The summed E-state index contributed by atoms with van der Waals surface area (Å²) >= 11 is 0. The lowest BCUT2D eigenvalue weighted by Gasteiger charge is -2.10. The Morgan fingerprint density at radius 3 is 1.88 bits per heavy atom. The quantitative estimate of drug-likeness (QED) is 0.623. The highest BCUT2D eigenvalue weighted by atomic mass is 32.2. The summed E-state index contributed by atoms with van der Waals surface area (Å²) < 4.78 is 23.3. The first-order valence-electron chi connectivity index (χ1n) is 8.08. The number of rotatable bonds is 4. The van der Waals surface area contributed by atoms with Gasteiger partial charge in [-0.3, -0.25) is 0 Å². The highest BCUT2D eigenvalue weighted by Gasteiger charge is 2.08. The van der Waals surface area contributed by atoms with E-state index in [4.69, 9.17) is 0 Å². The zero-order valence-corrected chi connectivity index (χ0v) is 15.1. The zero-order valence-electron chi connectivity index (χ0n) is 14.3. The van der Waals surface area contributed by atoms with Crippen LogP contribution in [0.4, 0.5) is 0 Å². The summed E-state index contributed by atoms with van der Waals surface area (Å²) in [6.45, 7) is 2.07. The Morgan fingerprint density at radius 1 is 0.760 bits per heavy atom. The van der Waals surface area contributed by atoms with Crippen molar-refractivity contribution in [3.8, 4) is 0 Å². The van der Waals surface area contributed by atoms with Crippen molar-refractivity contribution in [3.05, 3.63) is 101 Å². The number of benzene rings is 3. The van der Waals surface area contributed by atoms with Crippen molar-refractivity contribution in [3.63, 3.8) is 0 Å². The maximum absolute atomic E-state index is 11.6. The van der Waals surface area contributed by atoms with Gasteiger partial charge in [0.2, 0.25) is 0 Å². The summed E-state index contributed by atoms with van der Waals surface area (Å²) in [6, 6.07) is 25.6. The van der Waals surface area contributed by atoms with Gasteiger partial charge in [0.1, 0.15) is 0 Å². The van der Waals surface area contributed by atoms with Gasteiger partial charge < -0.3 is 0 Å². The van der Waals surface area contributed by atoms with E-state index in [9.17, 15) is 8.42 Å². The second kappa shape index (κ2) is 7.08. The van der Waals surface area contributed by atoms with Gasteiger partial charge in [0.25, 0.3) is 0 Å². The third-order valence-electron chi connectivity index (χ3n) is 4.07. The molecule has 0 aliphatic rings. The molecular formula is C22H20O2S. The van der Waals surface area contributed by atoms with Crippen LogP contribution in [0, 0.1) is 6.92 Å². The fraction of sp³-hybridized carbons (Fsp3) is 0.0909. The van der Waals surface area contributed by atoms with E-state index < -0.39 is 9.84 Å². The number of hydrogen-bond donors (Lipinski definition) is 0. The SMILES string of the molecule is Cc1ccc(/C(=C/c2ccc(S(C)(=O)=O)cc2)c2ccccc2)cc1. The summed E-state index contributed by atoms with van der Waals surface area (Å²) in [7, 11) is -3.18. The van der Waals surface area contributed by atoms with Crippen LogP contribution in [0.25, 0.3) is 11.6 Å². The average Bonchev–Trinajstić information content (AvgIpc) is 2.61. The molecule has 0 radical (unpaired) electrons. The molecule has 3 aromatic carbocycles. The van der Waals surface area contributed by atoms with Crippen LogP contribution in [-0.4, -0.2) is 14.7 Å². The first kappa shape index (κ1) is 17.2. The maximum Gasteiger partial charge on any atom is 0.175 e. The molecular weight excluding hydrogens is 328 g/mol. The van der Waals surface area contributed by atoms with Gasteiger partial charge in [-0.25, -0.2) is 8.42 Å². The van der Waals surface area contributed by atoms with Crippen molar-refractivity contribution in [1.82, 2.24) is 0 Å². The Bertz CT molecular complexity index is 982. The predicted octanol–water partition coefficient (Wildman–Crippen LogP) is 4.99. The van der Waals surface area contributed by atoms with E-state index in [2.05, 4.69) is 49.4 Å². The zero-order chi connectivity index (χ0) is 17.9. The molecule has 0 heterocycles. The second-order valence-corrected chi connectivity index (χ2v) is 8.15. The minimum Gasteiger partial charge on any atom is -0.224 e. The molecule has 0 amide bonds. The van der Waals surface area contributed by atoms with E-state index in [0.29, 0.717) is 4.90 Å². The van der Waals surface area contributed by atoms with Crippen molar-refractivity contribution in [2.75, 3.05) is 6.26 Å². The highest BCUT2D eigenvalue weighted by molar-refractivity contribution is 7.90. The lowest BCUT2D eigenvalue weighted by Crippen LogP contribution is -1.96. The lowest BCUT2D eigenvalue weighted by molar-refractivity contribution is 0.602. The smallest absolute Gasteiger partial charge is 0.175 e. The normalized spacial score (nSPS) is 12.2. The van der Waals surface area contributed by atoms with Gasteiger partial charge >= 0.3 is 0 Å². The average molecular weight is 348 g/mol. The third-order valence-corrected chi connectivity index (χ3v) is 5.20. The van der Waals surface area contributed by atoms with Crippen molar-refractivity contribution >= 4 is 21.5 Å². The van der Waals surface area contributed by atoms with Gasteiger partial charge in [-0.1, -0.05) is 72.3 Å². The van der Waals surface area contributed by atoms with Gasteiger partial charge in [0, 0.05) is 6.26 Å². The van der Waals surface area contributed by atoms with Crippen LogP contribution in [0.2, 0.25) is 0 Å². The van der Waals surface area contributed by atoms with Gasteiger partial charge in [0.05, 0.1) is 4.90 Å². The molecule has 3 rings (SSSR count). The molecule has 0 unspecified atom stereocenters. The van der Waals surface area contributed by atoms with Gasteiger partial charge in [0.15, 0.2) is 9.84 Å². The molecule has 0 atom stereocenters. The van der Waals surface area contributed by atoms with Crippen molar-refractivity contribution in [1.29, 1.82) is 0 Å². The number of aryl methyl sites for hydroxylation is 1. The largest absolute Gasteiger partial charge is 0.224 e. The summed E-state index contributed by atoms with van der Waals surface area (Å²) in [6.07, 6.45) is 3.31. The molecule has 0 aromatic heterocycles. The van der Waals surface area contributed by atoms with Gasteiger partial charge in [-0.2, -0.15) is 0 Å². The summed E-state index contributed by atoms with van der Waals surface area (Å²) in [5, 5.41) is 0. The molecule has 0 aliphatic heterocycles. The fourth-order valence-corrected chi connectivity index (χ4v) is 3.29. The molecule has 0 fully saturated rings. The topological polar surface area (TPSA) is 34.1 Å². The van der Waals surface area contributed by atoms with Crippen LogP contribution in [0.5, 0.6) is 0 Å². The Kier molecular flexibility index (Phi) is 4.86. The molecule has 0 bridgehead atoms. The van der Waals surface area contributed by atoms with Crippen molar-refractivity contribution < 1.29 is 8.42 Å². The van der Waals surface area contributed by atoms with Crippen LogP contribution in [0.1, 0.15) is 22.3 Å². The molecule has 3 heteroatoms. The van der Waals surface area contributed by atoms with Crippen LogP contribution in [-0.2, 0) is 9.84 Å². The van der Waals surface area contributed by atoms with Crippen LogP contribution in [0.15, 0.2) is 83.8 Å². The van der Waals surface area contributed by atoms with Gasteiger partial charge in [-0.05, 0) is 47.4 Å². The summed E-state index contributed by atoms with van der Waals surface area (Å²) in [5.74, 6) is 0. The number of hydrogen-bond acceptors (Lipinski definition) is 2. The monoisotopic (exact) mass is 348 g/mol. The Morgan fingerprint density at radius 2 is 1.32 bits per heavy atom. The Labute approximate surface area is 149 Å². The van der Waals surface area contributed by atoms with E-state index in [0.717, 1.165) is 22.3 Å². The molecule has 2 nitrogen and oxygen atoms in total. The van der Waals surface area contributed by atoms with E-state index in [1.165, 1.54) is 11.8 Å². The maximum atomic E-state index is 11.6. The molecule has 0 spiro atoms. The molecule has 0 saturated carbocycles. The lowest BCUT2D eigenvalue weighted by atomic mass is 9.95. The summed E-state index contributed by atoms with van der Waals surface area (Å²) in [4.78, 5) is 0.334. The predicted molar refractivity (Wildman–Crippen MR) is 104 cm³/mol. The van der Waals surface area contributed by atoms with Crippen LogP contribution >= 0.6 is 0 Å². The standard InChI is InChI=1S/C22H20O2S/c1-17-8-12-20(13-9-17)22(19-6-4-3-5-7-19)16-18-10-14-21(15-11-18)25(2,23)24/h3-16H,1-2H3/b22-16+. The molecule has 126 valence electrons. The van der Waals surface area contributed by atoms with E-state index >= 15 is 0 Å². The van der Waals surface area contributed by atoms with Crippen molar-refractivity contribution in [2.45, 2.75) is 11.8 Å². The minimum absolute atomic E-state index is 0.334. The summed E-state index contributed by atoms with van der Waals surface area (Å²) in [5.41, 5.74) is 5.54. The first-order valence-corrected chi connectivity index (χ1v) is 9.97.